The minimum Gasteiger partial charge on any atom is -0.378 e. The number of halogens is 2. The third-order valence-corrected chi connectivity index (χ3v) is 4.96. The third-order valence-electron chi connectivity index (χ3n) is 4.15. The Morgan fingerprint density at radius 3 is 2.52 bits per heavy atom. The van der Waals surface area contributed by atoms with Crippen LogP contribution in [0.1, 0.15) is 5.56 Å². The fraction of sp³-hybridized carbons (Fsp3) is 0.200. The Morgan fingerprint density at radius 1 is 1.15 bits per heavy atom. The number of rotatable bonds is 4. The molecule has 1 aliphatic rings. The van der Waals surface area contributed by atoms with E-state index in [-0.39, 0.29) is 10.6 Å². The third kappa shape index (κ3) is 4.81. The number of morpholine rings is 1. The summed E-state index contributed by atoms with van der Waals surface area (Å²) < 4.78 is 5.35. The van der Waals surface area contributed by atoms with Gasteiger partial charge in [0.1, 0.15) is 11.6 Å². The number of nitrogens with zero attached hydrogens (tertiary/aromatic N) is 2. The van der Waals surface area contributed by atoms with Crippen LogP contribution in [0, 0.1) is 11.3 Å². The summed E-state index contributed by atoms with van der Waals surface area (Å²) in [6.07, 6.45) is 1.54. The van der Waals surface area contributed by atoms with Crippen LogP contribution in [0.4, 0.5) is 11.4 Å². The molecule has 0 atom stereocenters. The van der Waals surface area contributed by atoms with Crippen molar-refractivity contribution >= 4 is 46.6 Å². The summed E-state index contributed by atoms with van der Waals surface area (Å²) in [6, 6.07) is 14.5. The summed E-state index contributed by atoms with van der Waals surface area (Å²) in [5.74, 6) is -0.543. The molecule has 1 saturated heterocycles. The number of hydrogen-bond donors (Lipinski definition) is 1. The van der Waals surface area contributed by atoms with Gasteiger partial charge in [0.15, 0.2) is 0 Å². The van der Waals surface area contributed by atoms with E-state index < -0.39 is 5.91 Å². The van der Waals surface area contributed by atoms with Gasteiger partial charge in [0.25, 0.3) is 5.91 Å². The number of anilines is 2. The van der Waals surface area contributed by atoms with Crippen LogP contribution in [0.2, 0.25) is 10.0 Å². The molecule has 0 spiro atoms. The number of amides is 1. The standard InChI is InChI=1S/C20H17Cl2N3O2/c21-17-2-1-3-18(19(17)22)24-20(26)15(13-23)12-14-4-6-16(7-5-14)25-8-10-27-11-9-25/h1-7,12H,8-11H2,(H,24,26)/b15-12+. The van der Waals surface area contributed by atoms with Crippen molar-refractivity contribution in [2.24, 2.45) is 0 Å². The number of nitriles is 1. The second-order valence-electron chi connectivity index (χ2n) is 5.92. The molecule has 1 amide bonds. The van der Waals surface area contributed by atoms with Crippen molar-refractivity contribution in [1.29, 1.82) is 5.26 Å². The molecule has 2 aromatic carbocycles. The highest BCUT2D eigenvalue weighted by molar-refractivity contribution is 6.44. The molecular weight excluding hydrogens is 385 g/mol. The van der Waals surface area contributed by atoms with Gasteiger partial charge in [-0.3, -0.25) is 4.79 Å². The van der Waals surface area contributed by atoms with E-state index in [2.05, 4.69) is 10.2 Å². The predicted molar refractivity (Wildman–Crippen MR) is 108 cm³/mol. The zero-order valence-electron chi connectivity index (χ0n) is 14.4. The smallest absolute Gasteiger partial charge is 0.266 e. The van der Waals surface area contributed by atoms with Crippen LogP contribution in [0.15, 0.2) is 48.0 Å². The molecule has 1 N–H and O–H groups in total. The summed E-state index contributed by atoms with van der Waals surface area (Å²) in [5.41, 5.74) is 2.18. The number of hydrogen-bond acceptors (Lipinski definition) is 4. The molecule has 0 radical (unpaired) electrons. The average molecular weight is 402 g/mol. The highest BCUT2D eigenvalue weighted by atomic mass is 35.5. The largest absolute Gasteiger partial charge is 0.378 e. The van der Waals surface area contributed by atoms with Crippen LogP contribution in [0.25, 0.3) is 6.08 Å². The Hall–Kier alpha value is -2.52. The lowest BCUT2D eigenvalue weighted by molar-refractivity contribution is -0.112. The van der Waals surface area contributed by atoms with E-state index in [1.807, 2.05) is 30.3 Å². The Labute approximate surface area is 167 Å². The maximum Gasteiger partial charge on any atom is 0.266 e. The Kier molecular flexibility index (Phi) is 6.36. The van der Waals surface area contributed by atoms with Gasteiger partial charge in [-0.1, -0.05) is 41.4 Å². The molecule has 0 aliphatic carbocycles. The molecule has 27 heavy (non-hydrogen) atoms. The molecule has 0 aromatic heterocycles. The highest BCUT2D eigenvalue weighted by Gasteiger charge is 2.14. The zero-order valence-corrected chi connectivity index (χ0v) is 15.9. The van der Waals surface area contributed by atoms with Gasteiger partial charge in [-0.2, -0.15) is 5.26 Å². The SMILES string of the molecule is N#C/C(=C\c1ccc(N2CCOCC2)cc1)C(=O)Nc1cccc(Cl)c1Cl. The second-order valence-corrected chi connectivity index (χ2v) is 6.70. The molecule has 2 aromatic rings. The quantitative estimate of drug-likeness (QED) is 0.609. The fourth-order valence-electron chi connectivity index (χ4n) is 2.71. The number of nitrogens with one attached hydrogen (secondary N) is 1. The van der Waals surface area contributed by atoms with E-state index in [0.29, 0.717) is 23.9 Å². The van der Waals surface area contributed by atoms with Crippen molar-refractivity contribution < 1.29 is 9.53 Å². The lowest BCUT2D eigenvalue weighted by Crippen LogP contribution is -2.36. The zero-order chi connectivity index (χ0) is 19.2. The Morgan fingerprint density at radius 2 is 1.85 bits per heavy atom. The molecule has 0 bridgehead atoms. The van der Waals surface area contributed by atoms with E-state index in [4.69, 9.17) is 27.9 Å². The monoisotopic (exact) mass is 401 g/mol. The molecule has 7 heteroatoms. The summed E-state index contributed by atoms with van der Waals surface area (Å²) in [7, 11) is 0. The van der Waals surface area contributed by atoms with Gasteiger partial charge < -0.3 is 15.0 Å². The second kappa shape index (κ2) is 8.92. The van der Waals surface area contributed by atoms with Gasteiger partial charge in [-0.05, 0) is 35.9 Å². The summed E-state index contributed by atoms with van der Waals surface area (Å²) >= 11 is 12.0. The molecule has 1 aliphatic heterocycles. The molecular formula is C20H17Cl2N3O2. The summed E-state index contributed by atoms with van der Waals surface area (Å²) in [6.45, 7) is 3.13. The van der Waals surface area contributed by atoms with Gasteiger partial charge >= 0.3 is 0 Å². The highest BCUT2D eigenvalue weighted by Crippen LogP contribution is 2.29. The first-order chi connectivity index (χ1) is 13.1. The van der Waals surface area contributed by atoms with Gasteiger partial charge in [-0.25, -0.2) is 0 Å². The van der Waals surface area contributed by atoms with Crippen molar-refractivity contribution in [1.82, 2.24) is 0 Å². The van der Waals surface area contributed by atoms with Crippen molar-refractivity contribution in [2.75, 3.05) is 36.5 Å². The topological polar surface area (TPSA) is 65.4 Å². The Bertz CT molecular complexity index is 898. The normalized spacial score (nSPS) is 14.6. The first-order valence-electron chi connectivity index (χ1n) is 8.38. The molecule has 5 nitrogen and oxygen atoms in total. The minimum atomic E-state index is -0.543. The van der Waals surface area contributed by atoms with Gasteiger partial charge in [0, 0.05) is 18.8 Å². The van der Waals surface area contributed by atoms with Crippen LogP contribution in [-0.4, -0.2) is 32.2 Å². The maximum absolute atomic E-state index is 12.4. The van der Waals surface area contributed by atoms with E-state index in [0.717, 1.165) is 24.3 Å². The first-order valence-corrected chi connectivity index (χ1v) is 9.14. The molecule has 1 fully saturated rings. The maximum atomic E-state index is 12.4. The van der Waals surface area contributed by atoms with Crippen molar-refractivity contribution in [3.05, 3.63) is 63.6 Å². The van der Waals surface area contributed by atoms with Crippen LogP contribution in [-0.2, 0) is 9.53 Å². The van der Waals surface area contributed by atoms with Gasteiger partial charge in [-0.15, -0.1) is 0 Å². The lowest BCUT2D eigenvalue weighted by atomic mass is 10.1. The summed E-state index contributed by atoms with van der Waals surface area (Å²) in [5, 5.41) is 12.5. The molecule has 0 saturated carbocycles. The lowest BCUT2D eigenvalue weighted by Gasteiger charge is -2.28. The molecule has 138 valence electrons. The van der Waals surface area contributed by atoms with E-state index in [9.17, 15) is 10.1 Å². The number of carbonyl (C=O) groups is 1. The van der Waals surface area contributed by atoms with Gasteiger partial charge in [0.2, 0.25) is 0 Å². The fourth-order valence-corrected chi connectivity index (χ4v) is 3.06. The van der Waals surface area contributed by atoms with E-state index in [1.165, 1.54) is 6.08 Å². The molecule has 0 unspecified atom stereocenters. The van der Waals surface area contributed by atoms with Crippen LogP contribution in [0.5, 0.6) is 0 Å². The van der Waals surface area contributed by atoms with Crippen LogP contribution < -0.4 is 10.2 Å². The average Bonchev–Trinajstić information content (AvgIpc) is 2.70. The minimum absolute atomic E-state index is 0.0230. The van der Waals surface area contributed by atoms with Crippen molar-refractivity contribution in [3.63, 3.8) is 0 Å². The van der Waals surface area contributed by atoms with Crippen molar-refractivity contribution in [2.45, 2.75) is 0 Å². The number of benzene rings is 2. The van der Waals surface area contributed by atoms with E-state index in [1.54, 1.807) is 18.2 Å². The molecule has 1 heterocycles. The van der Waals surface area contributed by atoms with Crippen LogP contribution in [0.3, 0.4) is 0 Å². The first kappa shape index (κ1) is 19.2. The number of carbonyl (C=O) groups excluding carboxylic acids is 1. The summed E-state index contributed by atoms with van der Waals surface area (Å²) in [4.78, 5) is 14.6. The number of ether oxygens (including phenoxy) is 1. The molecule has 3 rings (SSSR count). The predicted octanol–water partition coefficient (Wildman–Crippen LogP) is 4.38. The van der Waals surface area contributed by atoms with Gasteiger partial charge in [0.05, 0.1) is 28.9 Å². The van der Waals surface area contributed by atoms with Crippen LogP contribution >= 0.6 is 23.2 Å². The van der Waals surface area contributed by atoms with E-state index >= 15 is 0 Å². The van der Waals surface area contributed by atoms with Crippen molar-refractivity contribution in [3.8, 4) is 6.07 Å². The Balaban J connectivity index is 1.74.